The van der Waals surface area contributed by atoms with Crippen molar-refractivity contribution in [2.24, 2.45) is 11.7 Å². The Labute approximate surface area is 92.4 Å². The van der Waals surface area contributed by atoms with Gasteiger partial charge in [-0.1, -0.05) is 13.8 Å². The molecule has 1 aliphatic rings. The van der Waals surface area contributed by atoms with Crippen LogP contribution in [-0.2, 0) is 4.79 Å². The lowest BCUT2D eigenvalue weighted by Crippen LogP contribution is -2.57. The van der Waals surface area contributed by atoms with Crippen LogP contribution in [0.4, 0.5) is 0 Å². The van der Waals surface area contributed by atoms with Crippen LogP contribution in [0, 0.1) is 5.92 Å². The zero-order valence-corrected chi connectivity index (χ0v) is 10.2. The first-order chi connectivity index (χ1) is 6.93. The molecule has 1 heterocycles. The van der Waals surface area contributed by atoms with E-state index in [1.54, 1.807) is 0 Å². The van der Waals surface area contributed by atoms with Gasteiger partial charge in [-0.15, -0.1) is 0 Å². The Morgan fingerprint density at radius 2 is 2.00 bits per heavy atom. The molecule has 2 N–H and O–H groups in total. The molecular formula is C11H23N3O. The molecule has 15 heavy (non-hydrogen) atoms. The number of carbonyl (C=O) groups is 1. The average molecular weight is 213 g/mol. The highest BCUT2D eigenvalue weighted by Crippen LogP contribution is 2.11. The molecule has 0 spiro atoms. The molecule has 0 radical (unpaired) electrons. The van der Waals surface area contributed by atoms with E-state index < -0.39 is 0 Å². The van der Waals surface area contributed by atoms with Crippen LogP contribution in [0.2, 0.25) is 0 Å². The van der Waals surface area contributed by atoms with Crippen molar-refractivity contribution in [3.05, 3.63) is 0 Å². The van der Waals surface area contributed by atoms with E-state index in [0.717, 1.165) is 19.6 Å². The second-order valence-corrected chi connectivity index (χ2v) is 4.91. The van der Waals surface area contributed by atoms with Crippen molar-refractivity contribution in [1.29, 1.82) is 0 Å². The Hall–Kier alpha value is -0.610. The van der Waals surface area contributed by atoms with Gasteiger partial charge in [0.1, 0.15) is 0 Å². The van der Waals surface area contributed by atoms with Gasteiger partial charge in [0.25, 0.3) is 0 Å². The number of rotatable bonds is 2. The molecule has 1 amide bonds. The van der Waals surface area contributed by atoms with Gasteiger partial charge >= 0.3 is 0 Å². The number of amides is 1. The molecular weight excluding hydrogens is 190 g/mol. The van der Waals surface area contributed by atoms with Crippen molar-refractivity contribution >= 4 is 5.91 Å². The van der Waals surface area contributed by atoms with Gasteiger partial charge in [-0.2, -0.15) is 0 Å². The van der Waals surface area contributed by atoms with E-state index in [-0.39, 0.29) is 23.9 Å². The van der Waals surface area contributed by atoms with Crippen molar-refractivity contribution in [2.75, 3.05) is 26.7 Å². The summed E-state index contributed by atoms with van der Waals surface area (Å²) in [5.41, 5.74) is 5.88. The zero-order valence-electron chi connectivity index (χ0n) is 10.2. The summed E-state index contributed by atoms with van der Waals surface area (Å²) in [5.74, 6) is 0.315. The van der Waals surface area contributed by atoms with E-state index in [2.05, 4.69) is 18.9 Å². The van der Waals surface area contributed by atoms with E-state index in [9.17, 15) is 4.79 Å². The molecule has 0 aromatic rings. The van der Waals surface area contributed by atoms with E-state index in [4.69, 9.17) is 5.73 Å². The van der Waals surface area contributed by atoms with E-state index in [1.807, 2.05) is 18.7 Å². The number of hydrogen-bond donors (Lipinski definition) is 1. The number of likely N-dealkylation sites (N-methyl/N-ethyl adjacent to an activating group) is 1. The minimum atomic E-state index is -0.351. The Morgan fingerprint density at radius 3 is 2.47 bits per heavy atom. The molecule has 0 aliphatic carbocycles. The molecule has 1 fully saturated rings. The maximum absolute atomic E-state index is 12.0. The number of carbonyl (C=O) groups excluding carboxylic acids is 1. The summed E-state index contributed by atoms with van der Waals surface area (Å²) >= 11 is 0. The molecule has 0 saturated carbocycles. The molecule has 0 bridgehead atoms. The maximum Gasteiger partial charge on any atom is 0.240 e. The highest BCUT2D eigenvalue weighted by Gasteiger charge is 2.30. The molecule has 1 rings (SSSR count). The highest BCUT2D eigenvalue weighted by molar-refractivity contribution is 5.82. The molecule has 0 unspecified atom stereocenters. The van der Waals surface area contributed by atoms with Gasteiger partial charge in [-0.05, 0) is 19.9 Å². The van der Waals surface area contributed by atoms with Gasteiger partial charge in [-0.25, -0.2) is 0 Å². The number of piperazine rings is 1. The van der Waals surface area contributed by atoms with Crippen molar-refractivity contribution in [3.8, 4) is 0 Å². The Balaban J connectivity index is 2.60. The Morgan fingerprint density at radius 1 is 1.40 bits per heavy atom. The van der Waals surface area contributed by atoms with Crippen molar-refractivity contribution in [2.45, 2.75) is 32.9 Å². The Bertz CT molecular complexity index is 230. The number of hydrogen-bond acceptors (Lipinski definition) is 3. The summed E-state index contributed by atoms with van der Waals surface area (Å²) < 4.78 is 0. The molecule has 1 aliphatic heterocycles. The summed E-state index contributed by atoms with van der Waals surface area (Å²) in [7, 11) is 2.08. The fourth-order valence-corrected chi connectivity index (χ4v) is 1.94. The van der Waals surface area contributed by atoms with Crippen molar-refractivity contribution < 1.29 is 4.79 Å². The smallest absolute Gasteiger partial charge is 0.240 e. The van der Waals surface area contributed by atoms with Gasteiger partial charge in [0.15, 0.2) is 0 Å². The number of nitrogens with two attached hydrogens (primary N) is 1. The third kappa shape index (κ3) is 2.92. The molecule has 1 saturated heterocycles. The summed E-state index contributed by atoms with van der Waals surface area (Å²) in [6.45, 7) is 8.75. The van der Waals surface area contributed by atoms with Crippen LogP contribution in [0.15, 0.2) is 0 Å². The van der Waals surface area contributed by atoms with Crippen LogP contribution in [0.5, 0.6) is 0 Å². The zero-order chi connectivity index (χ0) is 11.6. The number of nitrogens with zero attached hydrogens (tertiary/aromatic N) is 2. The summed E-state index contributed by atoms with van der Waals surface area (Å²) in [6, 6.07) is -0.0723. The molecule has 88 valence electrons. The van der Waals surface area contributed by atoms with Gasteiger partial charge in [0, 0.05) is 25.7 Å². The maximum atomic E-state index is 12.0. The quantitative estimate of drug-likeness (QED) is 0.709. The molecule has 2 atom stereocenters. The SMILES string of the molecule is CC(C)[C@H](N)C(=O)N1CCN(C)C[C@H]1C. The monoisotopic (exact) mass is 213 g/mol. The molecule has 0 aromatic carbocycles. The minimum Gasteiger partial charge on any atom is -0.336 e. The summed E-state index contributed by atoms with van der Waals surface area (Å²) in [4.78, 5) is 16.2. The first-order valence-electron chi connectivity index (χ1n) is 5.68. The molecule has 4 nitrogen and oxygen atoms in total. The third-order valence-electron chi connectivity index (χ3n) is 3.12. The van der Waals surface area contributed by atoms with Gasteiger partial charge in [-0.3, -0.25) is 4.79 Å². The van der Waals surface area contributed by atoms with Crippen LogP contribution in [0.1, 0.15) is 20.8 Å². The highest BCUT2D eigenvalue weighted by atomic mass is 16.2. The van der Waals surface area contributed by atoms with E-state index >= 15 is 0 Å². The minimum absolute atomic E-state index is 0.102. The largest absolute Gasteiger partial charge is 0.336 e. The average Bonchev–Trinajstić information content (AvgIpc) is 2.15. The topological polar surface area (TPSA) is 49.6 Å². The molecule has 0 aromatic heterocycles. The molecule has 4 heteroatoms. The normalized spacial score (nSPS) is 25.7. The van der Waals surface area contributed by atoms with Crippen LogP contribution in [-0.4, -0.2) is 54.5 Å². The summed E-state index contributed by atoms with van der Waals surface area (Å²) in [6.07, 6.45) is 0. The lowest BCUT2D eigenvalue weighted by atomic mass is 10.0. The first kappa shape index (κ1) is 12.5. The first-order valence-corrected chi connectivity index (χ1v) is 5.68. The van der Waals surface area contributed by atoms with Gasteiger partial charge in [0.05, 0.1) is 6.04 Å². The predicted octanol–water partition coefficient (Wildman–Crippen LogP) is 0.132. The second kappa shape index (κ2) is 4.94. The predicted molar refractivity (Wildman–Crippen MR) is 61.5 cm³/mol. The van der Waals surface area contributed by atoms with Crippen molar-refractivity contribution in [1.82, 2.24) is 9.80 Å². The van der Waals surface area contributed by atoms with E-state index in [1.165, 1.54) is 0 Å². The van der Waals surface area contributed by atoms with Crippen LogP contribution in [0.25, 0.3) is 0 Å². The lowest BCUT2D eigenvalue weighted by Gasteiger charge is -2.39. The second-order valence-electron chi connectivity index (χ2n) is 4.91. The van der Waals surface area contributed by atoms with Crippen molar-refractivity contribution in [3.63, 3.8) is 0 Å². The fourth-order valence-electron chi connectivity index (χ4n) is 1.94. The summed E-state index contributed by atoms with van der Waals surface area (Å²) in [5, 5.41) is 0. The standard InChI is InChI=1S/C11H23N3O/c1-8(2)10(12)11(15)14-6-5-13(4)7-9(14)3/h8-10H,5-7,12H2,1-4H3/t9-,10+/m1/s1. The fraction of sp³-hybridized carbons (Fsp3) is 0.909. The van der Waals surface area contributed by atoms with Crippen LogP contribution in [0.3, 0.4) is 0 Å². The lowest BCUT2D eigenvalue weighted by molar-refractivity contribution is -0.137. The van der Waals surface area contributed by atoms with E-state index in [0.29, 0.717) is 0 Å². The van der Waals surface area contributed by atoms with Gasteiger partial charge < -0.3 is 15.5 Å². The van der Waals surface area contributed by atoms with Gasteiger partial charge in [0.2, 0.25) is 5.91 Å². The Kier molecular flexibility index (Phi) is 4.11. The van der Waals surface area contributed by atoms with Crippen LogP contribution < -0.4 is 5.73 Å². The van der Waals surface area contributed by atoms with Crippen LogP contribution >= 0.6 is 0 Å². The third-order valence-corrected chi connectivity index (χ3v) is 3.12.